The minimum absolute atomic E-state index is 0.0901. The quantitative estimate of drug-likeness (QED) is 0.643. The number of carbonyl (C=O) groups excluding carboxylic acids is 1. The van der Waals surface area contributed by atoms with Gasteiger partial charge in [0.05, 0.1) is 17.7 Å². The zero-order valence-corrected chi connectivity index (χ0v) is 17.0. The summed E-state index contributed by atoms with van der Waals surface area (Å²) in [7, 11) is 0. The standard InChI is InChI=1S/C22H30N4O2/c1-4-26(9-5-8-24-22(27)28-15(2)3)14-17-11-18(17)20-13-25-21-7-6-16(12-23)10-19(20)21/h6-7,10,13,15,17-18,25H,4-5,8-9,11,14H2,1-3H3,(H,24,27). The summed E-state index contributed by atoms with van der Waals surface area (Å²) in [6.45, 7) is 9.55. The van der Waals surface area contributed by atoms with E-state index in [1.165, 1.54) is 17.4 Å². The number of alkyl carbamates (subject to hydrolysis) is 1. The molecule has 2 N–H and O–H groups in total. The van der Waals surface area contributed by atoms with Crippen LogP contribution in [0.15, 0.2) is 24.4 Å². The Bertz CT molecular complexity index is 852. The number of carbonyl (C=O) groups is 1. The molecule has 1 heterocycles. The molecule has 0 saturated heterocycles. The van der Waals surface area contributed by atoms with Crippen LogP contribution in [0.2, 0.25) is 0 Å². The molecule has 0 radical (unpaired) electrons. The Kier molecular flexibility index (Phi) is 6.58. The Morgan fingerprint density at radius 1 is 1.46 bits per heavy atom. The molecular weight excluding hydrogens is 352 g/mol. The van der Waals surface area contributed by atoms with E-state index in [1.54, 1.807) is 0 Å². The van der Waals surface area contributed by atoms with Crippen molar-refractivity contribution in [1.82, 2.24) is 15.2 Å². The molecule has 0 bridgehead atoms. The highest BCUT2D eigenvalue weighted by molar-refractivity contribution is 5.85. The number of ether oxygens (including phenoxy) is 1. The molecule has 3 rings (SSSR count). The number of aromatic amines is 1. The fourth-order valence-electron chi connectivity index (χ4n) is 3.81. The van der Waals surface area contributed by atoms with Gasteiger partial charge in [-0.2, -0.15) is 5.26 Å². The van der Waals surface area contributed by atoms with Crippen LogP contribution in [0.4, 0.5) is 4.79 Å². The van der Waals surface area contributed by atoms with Gasteiger partial charge >= 0.3 is 6.09 Å². The fraction of sp³-hybridized carbons (Fsp3) is 0.545. The number of benzene rings is 1. The molecule has 1 aromatic heterocycles. The number of hydrogen-bond acceptors (Lipinski definition) is 4. The van der Waals surface area contributed by atoms with Gasteiger partial charge in [-0.1, -0.05) is 6.92 Å². The average Bonchev–Trinajstić information content (AvgIpc) is 3.30. The van der Waals surface area contributed by atoms with Crippen molar-refractivity contribution in [3.63, 3.8) is 0 Å². The molecule has 1 amide bonds. The van der Waals surface area contributed by atoms with Crippen molar-refractivity contribution < 1.29 is 9.53 Å². The van der Waals surface area contributed by atoms with Crippen molar-refractivity contribution in [3.8, 4) is 6.07 Å². The van der Waals surface area contributed by atoms with Crippen molar-refractivity contribution in [3.05, 3.63) is 35.5 Å². The number of rotatable bonds is 9. The minimum atomic E-state index is -0.337. The van der Waals surface area contributed by atoms with Gasteiger partial charge in [0.25, 0.3) is 0 Å². The van der Waals surface area contributed by atoms with Crippen LogP contribution in [0.3, 0.4) is 0 Å². The molecule has 0 spiro atoms. The maximum Gasteiger partial charge on any atom is 0.407 e. The predicted octanol–water partition coefficient (Wildman–Crippen LogP) is 3.99. The topological polar surface area (TPSA) is 81.2 Å². The zero-order valence-electron chi connectivity index (χ0n) is 17.0. The van der Waals surface area contributed by atoms with E-state index >= 15 is 0 Å². The third-order valence-corrected chi connectivity index (χ3v) is 5.37. The van der Waals surface area contributed by atoms with Crippen LogP contribution in [0.1, 0.15) is 50.7 Å². The zero-order chi connectivity index (χ0) is 20.1. The summed E-state index contributed by atoms with van der Waals surface area (Å²) in [4.78, 5) is 17.3. The van der Waals surface area contributed by atoms with E-state index in [0.717, 1.165) is 31.6 Å². The summed E-state index contributed by atoms with van der Waals surface area (Å²) in [6.07, 6.45) is 3.79. The first-order chi connectivity index (χ1) is 13.5. The molecule has 6 nitrogen and oxygen atoms in total. The second-order valence-electron chi connectivity index (χ2n) is 7.85. The van der Waals surface area contributed by atoms with E-state index in [2.05, 4.69) is 34.4 Å². The fourth-order valence-corrected chi connectivity index (χ4v) is 3.81. The largest absolute Gasteiger partial charge is 0.447 e. The van der Waals surface area contributed by atoms with E-state index in [-0.39, 0.29) is 12.2 Å². The average molecular weight is 383 g/mol. The van der Waals surface area contributed by atoms with Crippen LogP contribution < -0.4 is 5.32 Å². The Balaban J connectivity index is 1.47. The Morgan fingerprint density at radius 3 is 3.00 bits per heavy atom. The molecule has 1 fully saturated rings. The molecule has 6 heteroatoms. The van der Waals surface area contributed by atoms with Crippen LogP contribution >= 0.6 is 0 Å². The maximum absolute atomic E-state index is 11.5. The number of nitrogens with zero attached hydrogens (tertiary/aromatic N) is 2. The van der Waals surface area contributed by atoms with Gasteiger partial charge in [0.1, 0.15) is 0 Å². The van der Waals surface area contributed by atoms with Crippen LogP contribution in [0.25, 0.3) is 10.9 Å². The van der Waals surface area contributed by atoms with Crippen LogP contribution in [-0.4, -0.2) is 48.3 Å². The van der Waals surface area contributed by atoms with Crippen molar-refractivity contribution in [2.45, 2.75) is 45.6 Å². The number of nitriles is 1. The lowest BCUT2D eigenvalue weighted by Gasteiger charge is -2.20. The molecule has 0 aliphatic heterocycles. The highest BCUT2D eigenvalue weighted by atomic mass is 16.6. The van der Waals surface area contributed by atoms with Gasteiger partial charge in [-0.05, 0) is 75.4 Å². The van der Waals surface area contributed by atoms with E-state index in [9.17, 15) is 4.79 Å². The van der Waals surface area contributed by atoms with Gasteiger partial charge < -0.3 is 19.9 Å². The lowest BCUT2D eigenvalue weighted by molar-refractivity contribution is 0.115. The summed E-state index contributed by atoms with van der Waals surface area (Å²) >= 11 is 0. The van der Waals surface area contributed by atoms with Gasteiger partial charge in [-0.25, -0.2) is 4.79 Å². The first kappa shape index (κ1) is 20.2. The highest BCUT2D eigenvalue weighted by Gasteiger charge is 2.40. The molecule has 2 atom stereocenters. The second-order valence-corrected chi connectivity index (χ2v) is 7.85. The molecule has 28 heavy (non-hydrogen) atoms. The maximum atomic E-state index is 11.5. The molecule has 2 unspecified atom stereocenters. The Hall–Kier alpha value is -2.52. The number of H-pyrrole nitrogens is 1. The second kappa shape index (κ2) is 9.11. The smallest absolute Gasteiger partial charge is 0.407 e. The predicted molar refractivity (Wildman–Crippen MR) is 110 cm³/mol. The molecule has 150 valence electrons. The number of fused-ring (bicyclic) bond motifs is 1. The summed E-state index contributed by atoms with van der Waals surface area (Å²) in [5, 5.41) is 13.2. The first-order valence-electron chi connectivity index (χ1n) is 10.2. The Morgan fingerprint density at radius 2 is 2.29 bits per heavy atom. The molecular formula is C22H30N4O2. The van der Waals surface area contributed by atoms with E-state index in [1.807, 2.05) is 32.0 Å². The van der Waals surface area contributed by atoms with Gasteiger partial charge in [-0.15, -0.1) is 0 Å². The van der Waals surface area contributed by atoms with Crippen molar-refractivity contribution in [1.29, 1.82) is 5.26 Å². The summed E-state index contributed by atoms with van der Waals surface area (Å²) < 4.78 is 5.08. The van der Waals surface area contributed by atoms with Gasteiger partial charge in [0.15, 0.2) is 0 Å². The van der Waals surface area contributed by atoms with Crippen LogP contribution in [0, 0.1) is 17.2 Å². The lowest BCUT2D eigenvalue weighted by Crippen LogP contribution is -2.32. The number of amides is 1. The molecule has 2 aromatic rings. The molecule has 1 aliphatic carbocycles. The van der Waals surface area contributed by atoms with Crippen molar-refractivity contribution in [2.24, 2.45) is 5.92 Å². The van der Waals surface area contributed by atoms with E-state index < -0.39 is 0 Å². The van der Waals surface area contributed by atoms with Gasteiger partial charge in [0.2, 0.25) is 0 Å². The minimum Gasteiger partial charge on any atom is -0.447 e. The number of nitrogens with one attached hydrogen (secondary N) is 2. The van der Waals surface area contributed by atoms with E-state index in [0.29, 0.717) is 23.9 Å². The third-order valence-electron chi connectivity index (χ3n) is 5.37. The van der Waals surface area contributed by atoms with Crippen molar-refractivity contribution in [2.75, 3.05) is 26.2 Å². The lowest BCUT2D eigenvalue weighted by atomic mass is 10.1. The van der Waals surface area contributed by atoms with E-state index in [4.69, 9.17) is 10.00 Å². The number of aromatic nitrogens is 1. The first-order valence-corrected chi connectivity index (χ1v) is 10.2. The summed E-state index contributed by atoms with van der Waals surface area (Å²) in [6, 6.07) is 8.08. The number of hydrogen-bond donors (Lipinski definition) is 2. The highest BCUT2D eigenvalue weighted by Crippen LogP contribution is 2.49. The third kappa shape index (κ3) is 5.05. The van der Waals surface area contributed by atoms with Crippen molar-refractivity contribution >= 4 is 17.0 Å². The summed E-state index contributed by atoms with van der Waals surface area (Å²) in [5.41, 5.74) is 3.15. The van der Waals surface area contributed by atoms with Gasteiger partial charge in [0, 0.05) is 30.2 Å². The molecule has 1 aliphatic rings. The molecule has 1 saturated carbocycles. The van der Waals surface area contributed by atoms with Crippen LogP contribution in [0.5, 0.6) is 0 Å². The Labute approximate surface area is 166 Å². The monoisotopic (exact) mass is 382 g/mol. The van der Waals surface area contributed by atoms with Crippen LogP contribution in [-0.2, 0) is 4.74 Å². The molecule has 1 aromatic carbocycles. The summed E-state index contributed by atoms with van der Waals surface area (Å²) in [5.74, 6) is 1.22. The SMILES string of the molecule is CCN(CCCNC(=O)OC(C)C)CC1CC1c1c[nH]c2ccc(C#N)cc12. The van der Waals surface area contributed by atoms with Gasteiger partial charge in [-0.3, -0.25) is 0 Å². The normalized spacial score (nSPS) is 18.4.